The summed E-state index contributed by atoms with van der Waals surface area (Å²) in [6, 6.07) is 4.03. The number of nitrogens with zero attached hydrogens (tertiary/aromatic N) is 2. The van der Waals surface area contributed by atoms with Crippen LogP contribution in [-0.4, -0.2) is 5.16 Å². The Hall–Kier alpha value is -1.64. The van der Waals surface area contributed by atoms with Crippen LogP contribution in [0, 0.1) is 25.2 Å². The quantitative estimate of drug-likeness (QED) is 0.901. The molecule has 0 fully saturated rings. The van der Waals surface area contributed by atoms with Crippen LogP contribution in [0.15, 0.2) is 16.0 Å². The van der Waals surface area contributed by atoms with Crippen LogP contribution in [0.2, 0.25) is 0 Å². The van der Waals surface area contributed by atoms with Crippen LogP contribution in [0.4, 0.5) is 0 Å². The van der Waals surface area contributed by atoms with Crippen molar-refractivity contribution >= 4 is 11.3 Å². The van der Waals surface area contributed by atoms with Gasteiger partial charge in [-0.3, -0.25) is 0 Å². The number of hydrogen-bond acceptors (Lipinski definition) is 5. The molecule has 2 aromatic heterocycles. The molecular formula is C12H13N3OS. The van der Waals surface area contributed by atoms with Gasteiger partial charge in [-0.05, 0) is 19.9 Å². The maximum Gasteiger partial charge on any atom is 0.138 e. The van der Waals surface area contributed by atoms with Crippen LogP contribution in [0.3, 0.4) is 0 Å². The Morgan fingerprint density at radius 1 is 1.47 bits per heavy atom. The molecule has 0 spiro atoms. The Kier molecular flexibility index (Phi) is 3.57. The van der Waals surface area contributed by atoms with E-state index in [1.807, 2.05) is 25.3 Å². The van der Waals surface area contributed by atoms with E-state index in [2.05, 4.69) is 16.5 Å². The molecule has 0 saturated heterocycles. The SMILES string of the molecule is Cc1noc(C)c1CNCc1cc(C#N)cs1. The summed E-state index contributed by atoms with van der Waals surface area (Å²) in [5.41, 5.74) is 2.77. The van der Waals surface area contributed by atoms with E-state index in [0.717, 1.165) is 40.5 Å². The minimum atomic E-state index is 0.726. The smallest absolute Gasteiger partial charge is 0.138 e. The molecule has 0 bridgehead atoms. The number of hydrogen-bond donors (Lipinski definition) is 1. The van der Waals surface area contributed by atoms with Crippen molar-refractivity contribution in [2.24, 2.45) is 0 Å². The second-order valence-corrected chi connectivity index (χ2v) is 4.82. The molecule has 0 saturated carbocycles. The Labute approximate surface area is 104 Å². The minimum absolute atomic E-state index is 0.726. The zero-order chi connectivity index (χ0) is 12.3. The summed E-state index contributed by atoms with van der Waals surface area (Å²) < 4.78 is 5.09. The van der Waals surface area contributed by atoms with Crippen LogP contribution < -0.4 is 5.32 Å². The van der Waals surface area contributed by atoms with E-state index < -0.39 is 0 Å². The number of aryl methyl sites for hydroxylation is 2. The van der Waals surface area contributed by atoms with E-state index in [0.29, 0.717) is 0 Å². The van der Waals surface area contributed by atoms with Gasteiger partial charge in [-0.2, -0.15) is 5.26 Å². The molecule has 5 heteroatoms. The number of thiophene rings is 1. The van der Waals surface area contributed by atoms with Crippen molar-refractivity contribution in [2.75, 3.05) is 0 Å². The Bertz CT molecular complexity index is 531. The monoisotopic (exact) mass is 247 g/mol. The predicted molar refractivity (Wildman–Crippen MR) is 65.6 cm³/mol. The van der Waals surface area contributed by atoms with Gasteiger partial charge in [-0.1, -0.05) is 5.16 Å². The largest absolute Gasteiger partial charge is 0.361 e. The summed E-state index contributed by atoms with van der Waals surface area (Å²) in [4.78, 5) is 1.16. The van der Waals surface area contributed by atoms with Gasteiger partial charge in [-0.25, -0.2) is 0 Å². The highest BCUT2D eigenvalue weighted by atomic mass is 32.1. The maximum atomic E-state index is 8.71. The first kappa shape index (κ1) is 11.8. The molecule has 2 heterocycles. The van der Waals surface area contributed by atoms with Crippen LogP contribution in [0.25, 0.3) is 0 Å². The summed E-state index contributed by atoms with van der Waals surface area (Å²) in [6.45, 7) is 5.35. The van der Waals surface area contributed by atoms with E-state index in [4.69, 9.17) is 9.78 Å². The van der Waals surface area contributed by atoms with Crippen LogP contribution in [-0.2, 0) is 13.1 Å². The summed E-state index contributed by atoms with van der Waals surface area (Å²) in [7, 11) is 0. The first-order valence-electron chi connectivity index (χ1n) is 5.30. The van der Waals surface area contributed by atoms with Crippen molar-refractivity contribution in [3.63, 3.8) is 0 Å². The third-order valence-corrected chi connectivity index (χ3v) is 3.50. The normalized spacial score (nSPS) is 10.4. The average Bonchev–Trinajstić information content (AvgIpc) is 2.90. The molecule has 0 radical (unpaired) electrons. The molecule has 17 heavy (non-hydrogen) atoms. The molecule has 2 rings (SSSR count). The fourth-order valence-corrected chi connectivity index (χ4v) is 2.38. The lowest BCUT2D eigenvalue weighted by Crippen LogP contribution is -2.12. The highest BCUT2D eigenvalue weighted by Gasteiger charge is 2.08. The average molecular weight is 247 g/mol. The molecule has 0 amide bonds. The van der Waals surface area contributed by atoms with Gasteiger partial charge in [0, 0.05) is 28.9 Å². The van der Waals surface area contributed by atoms with E-state index in [-0.39, 0.29) is 0 Å². The molecule has 1 N–H and O–H groups in total. The first-order chi connectivity index (χ1) is 8.20. The molecule has 0 aliphatic rings. The summed E-state index contributed by atoms with van der Waals surface area (Å²) >= 11 is 1.60. The summed E-state index contributed by atoms with van der Waals surface area (Å²) in [5.74, 6) is 0.860. The van der Waals surface area contributed by atoms with Gasteiger partial charge in [0.25, 0.3) is 0 Å². The van der Waals surface area contributed by atoms with Crippen molar-refractivity contribution in [1.29, 1.82) is 5.26 Å². The summed E-state index contributed by atoms with van der Waals surface area (Å²) in [5, 5.41) is 17.8. The lowest BCUT2D eigenvalue weighted by atomic mass is 10.2. The summed E-state index contributed by atoms with van der Waals surface area (Å²) in [6.07, 6.45) is 0. The highest BCUT2D eigenvalue weighted by Crippen LogP contribution is 2.15. The Morgan fingerprint density at radius 2 is 2.29 bits per heavy atom. The molecule has 0 aromatic carbocycles. The van der Waals surface area contributed by atoms with E-state index in [9.17, 15) is 0 Å². The Balaban J connectivity index is 1.90. The number of nitriles is 1. The molecule has 0 aliphatic carbocycles. The zero-order valence-corrected chi connectivity index (χ0v) is 10.6. The second-order valence-electron chi connectivity index (χ2n) is 3.82. The van der Waals surface area contributed by atoms with Gasteiger partial charge in [0.15, 0.2) is 0 Å². The number of aromatic nitrogens is 1. The van der Waals surface area contributed by atoms with Crippen molar-refractivity contribution in [2.45, 2.75) is 26.9 Å². The third-order valence-electron chi connectivity index (χ3n) is 2.57. The molecule has 4 nitrogen and oxygen atoms in total. The maximum absolute atomic E-state index is 8.71. The molecule has 0 unspecified atom stereocenters. The highest BCUT2D eigenvalue weighted by molar-refractivity contribution is 7.10. The lowest BCUT2D eigenvalue weighted by molar-refractivity contribution is 0.392. The fourth-order valence-electron chi connectivity index (χ4n) is 1.60. The fraction of sp³-hybridized carbons (Fsp3) is 0.333. The predicted octanol–water partition coefficient (Wildman–Crippen LogP) is 2.51. The topological polar surface area (TPSA) is 61.9 Å². The first-order valence-corrected chi connectivity index (χ1v) is 6.18. The molecule has 2 aromatic rings. The minimum Gasteiger partial charge on any atom is -0.361 e. The van der Waals surface area contributed by atoms with Gasteiger partial charge < -0.3 is 9.84 Å². The molecule has 0 atom stereocenters. The van der Waals surface area contributed by atoms with Crippen LogP contribution in [0.1, 0.15) is 27.5 Å². The van der Waals surface area contributed by atoms with Gasteiger partial charge in [0.1, 0.15) is 11.8 Å². The Morgan fingerprint density at radius 3 is 2.88 bits per heavy atom. The van der Waals surface area contributed by atoms with E-state index in [1.54, 1.807) is 11.3 Å². The van der Waals surface area contributed by atoms with Crippen molar-refractivity contribution in [3.8, 4) is 6.07 Å². The van der Waals surface area contributed by atoms with Crippen LogP contribution >= 0.6 is 11.3 Å². The van der Waals surface area contributed by atoms with E-state index in [1.165, 1.54) is 0 Å². The van der Waals surface area contributed by atoms with Crippen LogP contribution in [0.5, 0.6) is 0 Å². The van der Waals surface area contributed by atoms with Gasteiger partial charge in [0.2, 0.25) is 0 Å². The third kappa shape index (κ3) is 2.73. The van der Waals surface area contributed by atoms with Crippen molar-refractivity contribution < 1.29 is 4.52 Å². The van der Waals surface area contributed by atoms with Gasteiger partial charge >= 0.3 is 0 Å². The van der Waals surface area contributed by atoms with Crippen molar-refractivity contribution in [3.05, 3.63) is 38.9 Å². The number of nitrogens with one attached hydrogen (secondary N) is 1. The van der Waals surface area contributed by atoms with Gasteiger partial charge in [-0.15, -0.1) is 11.3 Å². The van der Waals surface area contributed by atoms with E-state index >= 15 is 0 Å². The molecular weight excluding hydrogens is 234 g/mol. The zero-order valence-electron chi connectivity index (χ0n) is 9.78. The van der Waals surface area contributed by atoms with Crippen molar-refractivity contribution in [1.82, 2.24) is 10.5 Å². The standard InChI is InChI=1S/C12H13N3OS/c1-8-12(9(2)16-15-8)6-14-5-11-3-10(4-13)7-17-11/h3,7,14H,5-6H2,1-2H3. The van der Waals surface area contributed by atoms with Gasteiger partial charge in [0.05, 0.1) is 11.3 Å². The molecule has 88 valence electrons. The number of rotatable bonds is 4. The molecule has 0 aliphatic heterocycles. The lowest BCUT2D eigenvalue weighted by Gasteiger charge is -2.01. The second kappa shape index (κ2) is 5.13.